The number of hydrogen-bond donors (Lipinski definition) is 0. The van der Waals surface area contributed by atoms with E-state index in [1.165, 1.54) is 13.8 Å². The first-order valence-electron chi connectivity index (χ1n) is 14.7. The standard InChI is InChI=1S/C16H14O2.C14H12O2.C10H10O2/c1-11(17)13-3-7-15(8-4-13)16-9-5-14(6-10-16)12(2)18;1-9(15)11-3-5-14-8-12(10(2)16)4-6-13(14)7-11;1-7(11)9-3-5-10(6-4-9)8(2)12/h3-10H,1-2H3;3-8H,1-2H3;3-6H,1-2H3. The average molecular weight is 613 g/mol. The Labute approximate surface area is 269 Å². The first kappa shape index (κ1) is 34.9. The molecular formula is C40H36O6. The van der Waals surface area contributed by atoms with Gasteiger partial charge in [0.15, 0.2) is 34.7 Å². The maximum absolute atomic E-state index is 11.2. The second-order valence-electron chi connectivity index (χ2n) is 10.8. The highest BCUT2D eigenvalue weighted by molar-refractivity contribution is 6.02. The summed E-state index contributed by atoms with van der Waals surface area (Å²) in [6.07, 6.45) is 0. The molecule has 5 aromatic rings. The molecule has 0 aliphatic rings. The molecule has 0 N–H and O–H groups in total. The van der Waals surface area contributed by atoms with Crippen molar-refractivity contribution in [3.8, 4) is 11.1 Å². The maximum atomic E-state index is 11.2. The number of rotatable bonds is 7. The number of hydrogen-bond acceptors (Lipinski definition) is 6. The van der Waals surface area contributed by atoms with Crippen LogP contribution in [0, 0.1) is 0 Å². The highest BCUT2D eigenvalue weighted by atomic mass is 16.1. The number of fused-ring (bicyclic) bond motifs is 1. The van der Waals surface area contributed by atoms with Crippen molar-refractivity contribution in [3.63, 3.8) is 0 Å². The van der Waals surface area contributed by atoms with Gasteiger partial charge >= 0.3 is 0 Å². The lowest BCUT2D eigenvalue weighted by Crippen LogP contribution is -1.95. The van der Waals surface area contributed by atoms with Crippen LogP contribution in [0.25, 0.3) is 21.9 Å². The Morgan fingerprint density at radius 1 is 0.283 bits per heavy atom. The van der Waals surface area contributed by atoms with Crippen molar-refractivity contribution in [2.75, 3.05) is 0 Å². The van der Waals surface area contributed by atoms with E-state index in [0.29, 0.717) is 33.4 Å². The molecule has 0 fully saturated rings. The summed E-state index contributed by atoms with van der Waals surface area (Å²) in [4.78, 5) is 66.5. The van der Waals surface area contributed by atoms with Crippen molar-refractivity contribution in [3.05, 3.63) is 143 Å². The van der Waals surface area contributed by atoms with E-state index in [0.717, 1.165) is 21.9 Å². The molecule has 0 radical (unpaired) electrons. The first-order chi connectivity index (χ1) is 21.8. The lowest BCUT2D eigenvalue weighted by Gasteiger charge is -2.03. The quantitative estimate of drug-likeness (QED) is 0.170. The molecule has 0 saturated carbocycles. The van der Waals surface area contributed by atoms with Crippen molar-refractivity contribution in [1.82, 2.24) is 0 Å². The van der Waals surface area contributed by atoms with Gasteiger partial charge in [0.1, 0.15) is 0 Å². The molecule has 5 rings (SSSR count). The SMILES string of the molecule is CC(=O)c1ccc(-c2ccc(C(C)=O)cc2)cc1.CC(=O)c1ccc(C(C)=O)cc1.CC(=O)c1ccc2cc(C(C)=O)ccc2c1. The molecule has 46 heavy (non-hydrogen) atoms. The molecule has 0 spiro atoms. The lowest BCUT2D eigenvalue weighted by molar-refractivity contribution is 0.100. The topological polar surface area (TPSA) is 102 Å². The first-order valence-corrected chi connectivity index (χ1v) is 14.7. The van der Waals surface area contributed by atoms with Crippen LogP contribution in [0.5, 0.6) is 0 Å². The van der Waals surface area contributed by atoms with Gasteiger partial charge in [-0.1, -0.05) is 97.1 Å². The van der Waals surface area contributed by atoms with Crippen LogP contribution >= 0.6 is 0 Å². The molecule has 0 bridgehead atoms. The van der Waals surface area contributed by atoms with Gasteiger partial charge in [0.25, 0.3) is 0 Å². The maximum Gasteiger partial charge on any atom is 0.159 e. The van der Waals surface area contributed by atoms with Gasteiger partial charge < -0.3 is 0 Å². The molecule has 0 amide bonds. The summed E-state index contributed by atoms with van der Waals surface area (Å²) in [5, 5.41) is 1.97. The largest absolute Gasteiger partial charge is 0.295 e. The average Bonchev–Trinajstić information content (AvgIpc) is 3.04. The van der Waals surface area contributed by atoms with Crippen LogP contribution in [0.3, 0.4) is 0 Å². The zero-order valence-electron chi connectivity index (χ0n) is 26.8. The Morgan fingerprint density at radius 3 is 0.696 bits per heavy atom. The fourth-order valence-electron chi connectivity index (χ4n) is 4.42. The molecule has 5 aromatic carbocycles. The number of carbonyl (C=O) groups excluding carboxylic acids is 6. The monoisotopic (exact) mass is 612 g/mol. The number of ketones is 6. The van der Waals surface area contributed by atoms with Gasteiger partial charge in [-0.15, -0.1) is 0 Å². The summed E-state index contributed by atoms with van der Waals surface area (Å²) in [6, 6.07) is 32.6. The zero-order valence-corrected chi connectivity index (χ0v) is 26.8. The molecule has 0 atom stereocenters. The molecule has 6 heteroatoms. The van der Waals surface area contributed by atoms with E-state index in [2.05, 4.69) is 0 Å². The van der Waals surface area contributed by atoms with Gasteiger partial charge in [0.2, 0.25) is 0 Å². The minimum atomic E-state index is 0.0186. The van der Waals surface area contributed by atoms with E-state index >= 15 is 0 Å². The van der Waals surface area contributed by atoms with Gasteiger partial charge in [-0.25, -0.2) is 0 Å². The smallest absolute Gasteiger partial charge is 0.159 e. The second-order valence-corrected chi connectivity index (χ2v) is 10.8. The highest BCUT2D eigenvalue weighted by Gasteiger charge is 2.05. The van der Waals surface area contributed by atoms with E-state index in [1.807, 2.05) is 72.8 Å². The normalized spacial score (nSPS) is 10.0. The molecule has 0 aromatic heterocycles. The second kappa shape index (κ2) is 15.9. The van der Waals surface area contributed by atoms with Crippen LogP contribution in [0.15, 0.2) is 109 Å². The van der Waals surface area contributed by atoms with Crippen LogP contribution in [-0.4, -0.2) is 34.7 Å². The lowest BCUT2D eigenvalue weighted by atomic mass is 10.0. The molecule has 0 saturated heterocycles. The van der Waals surface area contributed by atoms with Crippen LogP contribution in [0.1, 0.15) is 104 Å². The molecule has 232 valence electrons. The van der Waals surface area contributed by atoms with E-state index in [4.69, 9.17) is 0 Å². The third-order valence-electron chi connectivity index (χ3n) is 7.27. The van der Waals surface area contributed by atoms with E-state index in [-0.39, 0.29) is 34.7 Å². The Balaban J connectivity index is 0.000000192. The van der Waals surface area contributed by atoms with E-state index < -0.39 is 0 Å². The summed E-state index contributed by atoms with van der Waals surface area (Å²) in [5.41, 5.74) is 6.16. The minimum Gasteiger partial charge on any atom is -0.295 e. The Hall–Kier alpha value is -5.62. The van der Waals surface area contributed by atoms with Crippen LogP contribution in [0.2, 0.25) is 0 Å². The molecular weight excluding hydrogens is 576 g/mol. The van der Waals surface area contributed by atoms with Crippen molar-refractivity contribution in [2.24, 2.45) is 0 Å². The predicted octanol–water partition coefficient (Wildman–Crippen LogP) is 9.10. The third-order valence-corrected chi connectivity index (χ3v) is 7.27. The zero-order chi connectivity index (χ0) is 34.0. The number of Topliss-reactive ketones (excluding diaryl/α,β-unsaturated/α-hetero) is 6. The summed E-state index contributed by atoms with van der Waals surface area (Å²) < 4.78 is 0. The summed E-state index contributed by atoms with van der Waals surface area (Å²) in [5.74, 6) is 0.271. The van der Waals surface area contributed by atoms with Gasteiger partial charge in [-0.3, -0.25) is 28.8 Å². The third kappa shape index (κ3) is 9.69. The Bertz CT molecular complexity index is 1770. The van der Waals surface area contributed by atoms with E-state index in [1.54, 1.807) is 64.1 Å². The number of benzene rings is 5. The fourth-order valence-corrected chi connectivity index (χ4v) is 4.42. The van der Waals surface area contributed by atoms with Crippen LogP contribution in [-0.2, 0) is 0 Å². The molecule has 6 nitrogen and oxygen atoms in total. The Morgan fingerprint density at radius 2 is 0.478 bits per heavy atom. The van der Waals surface area contributed by atoms with Gasteiger partial charge in [-0.05, 0) is 75.6 Å². The fraction of sp³-hybridized carbons (Fsp3) is 0.150. The predicted molar refractivity (Wildman–Crippen MR) is 182 cm³/mol. The summed E-state index contributed by atoms with van der Waals surface area (Å²) in [7, 11) is 0. The van der Waals surface area contributed by atoms with Crippen LogP contribution in [0.4, 0.5) is 0 Å². The molecule has 0 aliphatic carbocycles. The van der Waals surface area contributed by atoms with Gasteiger partial charge in [-0.2, -0.15) is 0 Å². The van der Waals surface area contributed by atoms with Crippen LogP contribution < -0.4 is 0 Å². The van der Waals surface area contributed by atoms with Crippen molar-refractivity contribution in [1.29, 1.82) is 0 Å². The summed E-state index contributed by atoms with van der Waals surface area (Å²) >= 11 is 0. The van der Waals surface area contributed by atoms with Crippen molar-refractivity contribution in [2.45, 2.75) is 41.5 Å². The molecule has 0 heterocycles. The molecule has 0 unspecified atom stereocenters. The van der Waals surface area contributed by atoms with Gasteiger partial charge in [0, 0.05) is 33.4 Å². The Kier molecular flexibility index (Phi) is 12.1. The highest BCUT2D eigenvalue weighted by Crippen LogP contribution is 2.21. The van der Waals surface area contributed by atoms with Crippen molar-refractivity contribution < 1.29 is 28.8 Å². The minimum absolute atomic E-state index is 0.0186. The van der Waals surface area contributed by atoms with Gasteiger partial charge in [0.05, 0.1) is 0 Å². The number of carbonyl (C=O) groups is 6. The van der Waals surface area contributed by atoms with E-state index in [9.17, 15) is 28.8 Å². The van der Waals surface area contributed by atoms with Crippen molar-refractivity contribution >= 4 is 45.5 Å². The summed E-state index contributed by atoms with van der Waals surface area (Å²) in [6.45, 7) is 9.20. The molecule has 0 aliphatic heterocycles.